The van der Waals surface area contributed by atoms with E-state index in [4.69, 9.17) is 4.74 Å². The molecular weight excluding hydrogens is 458 g/mol. The van der Waals surface area contributed by atoms with Gasteiger partial charge in [0.25, 0.3) is 0 Å². The molecule has 0 radical (unpaired) electrons. The minimum Gasteiger partial charge on any atom is -0.478 e. The number of fused-ring (bicyclic) bond motifs is 1. The Morgan fingerprint density at radius 2 is 1.72 bits per heavy atom. The second-order valence-electron chi connectivity index (χ2n) is 8.34. The largest absolute Gasteiger partial charge is 0.478 e. The van der Waals surface area contributed by atoms with Crippen LogP contribution in [0.1, 0.15) is 34.0 Å². The lowest BCUT2D eigenvalue weighted by atomic mass is 10.0. The number of rotatable bonds is 9. The molecule has 0 saturated heterocycles. The van der Waals surface area contributed by atoms with Gasteiger partial charge in [-0.15, -0.1) is 0 Å². The molecule has 4 N–H and O–H groups in total. The van der Waals surface area contributed by atoms with E-state index in [-0.39, 0.29) is 18.6 Å². The van der Waals surface area contributed by atoms with Crippen LogP contribution in [0.2, 0.25) is 0 Å². The number of carboxylic acids is 1. The first-order valence-electron chi connectivity index (χ1n) is 11.6. The number of aromatic carboxylic acids is 1. The summed E-state index contributed by atoms with van der Waals surface area (Å²) < 4.78 is 5.34. The first-order valence-corrected chi connectivity index (χ1v) is 11.6. The molecule has 0 spiro atoms. The summed E-state index contributed by atoms with van der Waals surface area (Å²) in [5.74, 6) is -1.47. The first kappa shape index (κ1) is 24.5. The zero-order valence-electron chi connectivity index (χ0n) is 19.8. The van der Waals surface area contributed by atoms with Crippen molar-refractivity contribution >= 4 is 34.6 Å². The van der Waals surface area contributed by atoms with Gasteiger partial charge in [0.05, 0.1) is 5.56 Å². The van der Waals surface area contributed by atoms with Crippen LogP contribution in [-0.2, 0) is 29.0 Å². The number of carbonyl (C=O) groups excluding carboxylic acids is 2. The molecular formula is C28H27N3O5. The predicted molar refractivity (Wildman–Crippen MR) is 137 cm³/mol. The van der Waals surface area contributed by atoms with Gasteiger partial charge in [0.15, 0.2) is 0 Å². The van der Waals surface area contributed by atoms with Crippen molar-refractivity contribution in [3.8, 4) is 0 Å². The lowest BCUT2D eigenvalue weighted by Crippen LogP contribution is -2.45. The number of H-pyrrole nitrogens is 1. The van der Waals surface area contributed by atoms with Crippen molar-refractivity contribution in [1.29, 1.82) is 0 Å². The Balaban J connectivity index is 1.53. The summed E-state index contributed by atoms with van der Waals surface area (Å²) in [4.78, 5) is 40.5. The molecule has 0 bridgehead atoms. The zero-order chi connectivity index (χ0) is 25.5. The minimum absolute atomic E-state index is 0.0740. The normalized spacial score (nSPS) is 11.6. The van der Waals surface area contributed by atoms with E-state index in [2.05, 4.69) is 15.6 Å². The number of carboxylic acid groups (broad SMARTS) is 1. The van der Waals surface area contributed by atoms with Gasteiger partial charge in [-0.25, -0.2) is 9.59 Å². The molecule has 3 aromatic carbocycles. The number of aryl methyl sites for hydroxylation is 1. The van der Waals surface area contributed by atoms with E-state index >= 15 is 0 Å². The predicted octanol–water partition coefficient (Wildman–Crippen LogP) is 4.90. The fourth-order valence-corrected chi connectivity index (χ4v) is 4.04. The summed E-state index contributed by atoms with van der Waals surface area (Å²) in [5.41, 5.74) is 3.86. The number of carbonyl (C=O) groups is 3. The highest BCUT2D eigenvalue weighted by Gasteiger charge is 2.24. The number of ether oxygens (including phenoxy) is 1. The molecule has 1 atom stereocenters. The number of para-hydroxylation sites is 1. The number of anilines is 1. The molecule has 8 nitrogen and oxygen atoms in total. The molecule has 0 fully saturated rings. The van der Waals surface area contributed by atoms with Crippen LogP contribution in [0.3, 0.4) is 0 Å². The van der Waals surface area contributed by atoms with Gasteiger partial charge in [-0.3, -0.25) is 4.79 Å². The number of hydrogen-bond donors (Lipinski definition) is 4. The smallest absolute Gasteiger partial charge is 0.408 e. The van der Waals surface area contributed by atoms with Crippen molar-refractivity contribution in [1.82, 2.24) is 10.3 Å². The molecule has 0 aliphatic rings. The number of alkyl carbamates (subject to hydrolysis) is 1. The van der Waals surface area contributed by atoms with E-state index in [1.165, 1.54) is 12.1 Å². The molecule has 8 heteroatoms. The molecule has 1 aromatic heterocycles. The van der Waals surface area contributed by atoms with Crippen LogP contribution in [0.5, 0.6) is 0 Å². The molecule has 4 rings (SSSR count). The lowest BCUT2D eigenvalue weighted by Gasteiger charge is -2.19. The van der Waals surface area contributed by atoms with E-state index in [9.17, 15) is 19.5 Å². The Kier molecular flexibility index (Phi) is 7.65. The molecule has 0 unspecified atom stereocenters. The van der Waals surface area contributed by atoms with Crippen molar-refractivity contribution in [2.24, 2.45) is 0 Å². The van der Waals surface area contributed by atoms with E-state index in [0.29, 0.717) is 17.7 Å². The Labute approximate surface area is 208 Å². The fraction of sp³-hybridized carbons (Fsp3) is 0.179. The average molecular weight is 486 g/mol. The van der Waals surface area contributed by atoms with Crippen molar-refractivity contribution in [3.63, 3.8) is 0 Å². The molecule has 1 heterocycles. The van der Waals surface area contributed by atoms with Crippen LogP contribution < -0.4 is 10.6 Å². The third-order valence-corrected chi connectivity index (χ3v) is 5.90. The minimum atomic E-state index is -1.02. The number of aromatic amines is 1. The van der Waals surface area contributed by atoms with Gasteiger partial charge in [-0.2, -0.15) is 0 Å². The van der Waals surface area contributed by atoms with Gasteiger partial charge >= 0.3 is 12.1 Å². The summed E-state index contributed by atoms with van der Waals surface area (Å²) in [6.07, 6.45) is 1.83. The number of amides is 2. The Hall–Kier alpha value is -4.59. The maximum absolute atomic E-state index is 13.3. The summed E-state index contributed by atoms with van der Waals surface area (Å²) in [6.45, 7) is 1.92. The zero-order valence-corrected chi connectivity index (χ0v) is 19.8. The van der Waals surface area contributed by atoms with Gasteiger partial charge in [-0.1, -0.05) is 55.5 Å². The van der Waals surface area contributed by atoms with Crippen molar-refractivity contribution < 1.29 is 24.2 Å². The Bertz CT molecular complexity index is 1380. The highest BCUT2D eigenvalue weighted by molar-refractivity contribution is 5.98. The molecule has 184 valence electrons. The highest BCUT2D eigenvalue weighted by Crippen LogP contribution is 2.21. The third-order valence-electron chi connectivity index (χ3n) is 5.90. The second kappa shape index (κ2) is 11.2. The number of nitrogens with one attached hydrogen (secondary N) is 3. The lowest BCUT2D eigenvalue weighted by molar-refractivity contribution is -0.118. The molecule has 0 aliphatic heterocycles. The van der Waals surface area contributed by atoms with Gasteiger partial charge in [-0.05, 0) is 47.4 Å². The van der Waals surface area contributed by atoms with Crippen LogP contribution in [-0.4, -0.2) is 34.1 Å². The quantitative estimate of drug-likeness (QED) is 0.269. The van der Waals surface area contributed by atoms with Gasteiger partial charge in [0.2, 0.25) is 5.91 Å². The van der Waals surface area contributed by atoms with Crippen LogP contribution in [0.25, 0.3) is 10.9 Å². The Morgan fingerprint density at radius 3 is 2.47 bits per heavy atom. The maximum Gasteiger partial charge on any atom is 0.408 e. The standard InChI is InChI=1S/C28H27N3O5/c1-2-19-14-21(12-13-23(19)27(33)34)30-26(32)25(15-20-16-29-24-11-7-6-10-22(20)24)31-28(35)36-17-18-8-4-3-5-9-18/h3-14,16,25,29H,2,15,17H2,1H3,(H,30,32)(H,31,35)(H,33,34)/t25-/m0/s1. The van der Waals surface area contributed by atoms with E-state index < -0.39 is 24.0 Å². The van der Waals surface area contributed by atoms with Gasteiger partial charge in [0, 0.05) is 29.2 Å². The van der Waals surface area contributed by atoms with Crippen molar-refractivity contribution in [2.75, 3.05) is 5.32 Å². The summed E-state index contributed by atoms with van der Waals surface area (Å²) in [7, 11) is 0. The maximum atomic E-state index is 13.3. The number of aromatic nitrogens is 1. The van der Waals surface area contributed by atoms with E-state index in [0.717, 1.165) is 22.0 Å². The number of hydrogen-bond acceptors (Lipinski definition) is 4. The van der Waals surface area contributed by atoms with Crippen molar-refractivity contribution in [2.45, 2.75) is 32.4 Å². The summed E-state index contributed by atoms with van der Waals surface area (Å²) >= 11 is 0. The first-order chi connectivity index (χ1) is 17.4. The van der Waals surface area contributed by atoms with Crippen LogP contribution in [0.15, 0.2) is 79.0 Å². The van der Waals surface area contributed by atoms with Crippen LogP contribution in [0, 0.1) is 0 Å². The SMILES string of the molecule is CCc1cc(NC(=O)[C@H](Cc2c[nH]c3ccccc23)NC(=O)OCc2ccccc2)ccc1C(=O)O. The third kappa shape index (κ3) is 5.90. The monoisotopic (exact) mass is 485 g/mol. The van der Waals surface area contributed by atoms with E-state index in [1.807, 2.05) is 67.7 Å². The second-order valence-corrected chi connectivity index (χ2v) is 8.34. The van der Waals surface area contributed by atoms with Crippen molar-refractivity contribution in [3.05, 3.63) is 101 Å². The average Bonchev–Trinajstić information content (AvgIpc) is 3.30. The molecule has 2 amide bonds. The fourth-order valence-electron chi connectivity index (χ4n) is 4.04. The highest BCUT2D eigenvalue weighted by atomic mass is 16.5. The number of benzene rings is 3. The van der Waals surface area contributed by atoms with Crippen LogP contribution in [0.4, 0.5) is 10.5 Å². The summed E-state index contributed by atoms with van der Waals surface area (Å²) in [5, 5.41) is 15.8. The molecule has 36 heavy (non-hydrogen) atoms. The summed E-state index contributed by atoms with van der Waals surface area (Å²) in [6, 6.07) is 20.7. The molecule has 0 aliphatic carbocycles. The molecule has 0 saturated carbocycles. The van der Waals surface area contributed by atoms with Gasteiger partial charge < -0.3 is 25.5 Å². The van der Waals surface area contributed by atoms with Crippen LogP contribution >= 0.6 is 0 Å². The molecule has 4 aromatic rings. The topological polar surface area (TPSA) is 121 Å². The Morgan fingerprint density at radius 1 is 0.972 bits per heavy atom. The van der Waals surface area contributed by atoms with E-state index in [1.54, 1.807) is 6.07 Å². The van der Waals surface area contributed by atoms with Gasteiger partial charge in [0.1, 0.15) is 12.6 Å².